The maximum Gasteiger partial charge on any atom is 0.274 e. The van der Waals surface area contributed by atoms with E-state index in [2.05, 4.69) is 27.8 Å². The fourth-order valence-electron chi connectivity index (χ4n) is 2.33. The van der Waals surface area contributed by atoms with E-state index >= 15 is 0 Å². The third-order valence-electron chi connectivity index (χ3n) is 3.66. The van der Waals surface area contributed by atoms with Gasteiger partial charge < -0.3 is 15.4 Å². The first-order chi connectivity index (χ1) is 12.2. The Morgan fingerprint density at radius 3 is 2.56 bits per heavy atom. The van der Waals surface area contributed by atoms with Gasteiger partial charge in [-0.15, -0.1) is 0 Å². The number of hydrogen-bond donors (Lipinski definition) is 2. The summed E-state index contributed by atoms with van der Waals surface area (Å²) < 4.78 is 5.15. The van der Waals surface area contributed by atoms with Crippen molar-refractivity contribution in [2.24, 2.45) is 0 Å². The van der Waals surface area contributed by atoms with Crippen LogP contribution in [0.5, 0.6) is 5.75 Å². The van der Waals surface area contributed by atoms with Crippen molar-refractivity contribution in [2.45, 2.75) is 6.54 Å². The number of carbonyl (C=O) groups is 1. The van der Waals surface area contributed by atoms with Crippen LogP contribution < -0.4 is 15.4 Å². The van der Waals surface area contributed by atoms with Crippen molar-refractivity contribution >= 4 is 17.3 Å². The number of carbonyl (C=O) groups excluding carboxylic acids is 1. The SMILES string of the molecule is COc1cccc(NC(=O)c2ccc(NCc3ccccc3)cn2)c1. The van der Waals surface area contributed by atoms with E-state index < -0.39 is 0 Å². The van der Waals surface area contributed by atoms with Crippen LogP contribution in [0.1, 0.15) is 16.1 Å². The summed E-state index contributed by atoms with van der Waals surface area (Å²) in [5, 5.41) is 6.09. The van der Waals surface area contributed by atoms with Gasteiger partial charge in [-0.25, -0.2) is 4.98 Å². The molecule has 0 unspecified atom stereocenters. The summed E-state index contributed by atoms with van der Waals surface area (Å²) in [6.07, 6.45) is 1.66. The van der Waals surface area contributed by atoms with Crippen LogP contribution in [0.15, 0.2) is 72.9 Å². The highest BCUT2D eigenvalue weighted by Crippen LogP contribution is 2.17. The fraction of sp³-hybridized carbons (Fsp3) is 0.100. The van der Waals surface area contributed by atoms with Crippen molar-refractivity contribution in [2.75, 3.05) is 17.7 Å². The van der Waals surface area contributed by atoms with E-state index in [0.29, 0.717) is 23.7 Å². The Hall–Kier alpha value is -3.34. The Morgan fingerprint density at radius 2 is 1.84 bits per heavy atom. The average molecular weight is 333 g/mol. The number of benzene rings is 2. The Morgan fingerprint density at radius 1 is 1.00 bits per heavy atom. The van der Waals surface area contributed by atoms with Crippen LogP contribution in [-0.2, 0) is 6.54 Å². The van der Waals surface area contributed by atoms with Crippen LogP contribution in [0, 0.1) is 0 Å². The molecule has 0 saturated heterocycles. The Balaban J connectivity index is 1.60. The fourth-order valence-corrected chi connectivity index (χ4v) is 2.33. The van der Waals surface area contributed by atoms with Crippen molar-refractivity contribution in [3.63, 3.8) is 0 Å². The van der Waals surface area contributed by atoms with E-state index in [0.717, 1.165) is 5.69 Å². The zero-order valence-electron chi connectivity index (χ0n) is 13.9. The number of rotatable bonds is 6. The van der Waals surface area contributed by atoms with E-state index in [4.69, 9.17) is 4.74 Å². The van der Waals surface area contributed by atoms with Crippen LogP contribution in [0.3, 0.4) is 0 Å². The third kappa shape index (κ3) is 4.57. The third-order valence-corrected chi connectivity index (χ3v) is 3.66. The molecule has 0 saturated carbocycles. The van der Waals surface area contributed by atoms with Crippen LogP contribution in [0.25, 0.3) is 0 Å². The van der Waals surface area contributed by atoms with Gasteiger partial charge in [-0.3, -0.25) is 4.79 Å². The largest absolute Gasteiger partial charge is 0.497 e. The zero-order valence-corrected chi connectivity index (χ0v) is 13.9. The standard InChI is InChI=1S/C20H19N3O2/c1-25-18-9-5-8-16(12-18)23-20(24)19-11-10-17(14-22-19)21-13-15-6-3-2-4-7-15/h2-12,14,21H,13H2,1H3,(H,23,24). The molecule has 3 rings (SSSR count). The highest BCUT2D eigenvalue weighted by molar-refractivity contribution is 6.03. The molecule has 0 fully saturated rings. The molecule has 3 aromatic rings. The number of nitrogens with one attached hydrogen (secondary N) is 2. The average Bonchev–Trinajstić information content (AvgIpc) is 2.67. The molecule has 0 bridgehead atoms. The smallest absolute Gasteiger partial charge is 0.274 e. The summed E-state index contributed by atoms with van der Waals surface area (Å²) >= 11 is 0. The minimum atomic E-state index is -0.261. The summed E-state index contributed by atoms with van der Waals surface area (Å²) in [6, 6.07) is 20.8. The van der Waals surface area contributed by atoms with Gasteiger partial charge in [-0.1, -0.05) is 36.4 Å². The second-order valence-electron chi connectivity index (χ2n) is 5.46. The van der Waals surface area contributed by atoms with Gasteiger partial charge >= 0.3 is 0 Å². The van der Waals surface area contributed by atoms with Crippen LogP contribution in [0.2, 0.25) is 0 Å². The molecule has 1 amide bonds. The van der Waals surface area contributed by atoms with Crippen LogP contribution >= 0.6 is 0 Å². The molecule has 0 aliphatic heterocycles. The van der Waals surface area contributed by atoms with E-state index in [1.165, 1.54) is 5.56 Å². The first-order valence-corrected chi connectivity index (χ1v) is 7.94. The quantitative estimate of drug-likeness (QED) is 0.717. The molecule has 0 atom stereocenters. The Labute approximate surface area is 146 Å². The van der Waals surface area contributed by atoms with E-state index in [9.17, 15) is 4.79 Å². The van der Waals surface area contributed by atoms with Gasteiger partial charge in [0.1, 0.15) is 11.4 Å². The van der Waals surface area contributed by atoms with E-state index in [1.54, 1.807) is 31.5 Å². The summed E-state index contributed by atoms with van der Waals surface area (Å²) in [6.45, 7) is 0.706. The lowest BCUT2D eigenvalue weighted by Crippen LogP contribution is -2.13. The lowest BCUT2D eigenvalue weighted by molar-refractivity contribution is 0.102. The summed E-state index contributed by atoms with van der Waals surface area (Å²) in [7, 11) is 1.59. The molecule has 1 aromatic heterocycles. The van der Waals surface area contributed by atoms with Crippen molar-refractivity contribution in [3.8, 4) is 5.75 Å². The predicted octanol–water partition coefficient (Wildman–Crippen LogP) is 3.95. The van der Waals surface area contributed by atoms with Gasteiger partial charge in [0.15, 0.2) is 0 Å². The second kappa shape index (κ2) is 7.97. The summed E-state index contributed by atoms with van der Waals surface area (Å²) in [5.41, 5.74) is 3.06. The highest BCUT2D eigenvalue weighted by Gasteiger charge is 2.08. The topological polar surface area (TPSA) is 63.2 Å². The van der Waals surface area contributed by atoms with E-state index in [1.807, 2.05) is 36.4 Å². The molecule has 0 radical (unpaired) electrons. The molecule has 0 aliphatic rings. The maximum absolute atomic E-state index is 12.3. The molecular formula is C20H19N3O2. The van der Waals surface area contributed by atoms with Crippen molar-refractivity contribution in [1.82, 2.24) is 4.98 Å². The van der Waals surface area contributed by atoms with Gasteiger partial charge in [-0.2, -0.15) is 0 Å². The lowest BCUT2D eigenvalue weighted by Gasteiger charge is -2.08. The van der Waals surface area contributed by atoms with Gasteiger partial charge in [-0.05, 0) is 29.8 Å². The van der Waals surface area contributed by atoms with E-state index in [-0.39, 0.29) is 5.91 Å². The predicted molar refractivity (Wildman–Crippen MR) is 99.0 cm³/mol. The van der Waals surface area contributed by atoms with Crippen molar-refractivity contribution in [3.05, 3.63) is 84.2 Å². The van der Waals surface area contributed by atoms with Crippen molar-refractivity contribution in [1.29, 1.82) is 0 Å². The molecule has 5 heteroatoms. The number of ether oxygens (including phenoxy) is 1. The minimum absolute atomic E-state index is 0.261. The summed E-state index contributed by atoms with van der Waals surface area (Å²) in [4.78, 5) is 16.5. The molecule has 5 nitrogen and oxygen atoms in total. The van der Waals surface area contributed by atoms with Crippen LogP contribution in [0.4, 0.5) is 11.4 Å². The molecule has 25 heavy (non-hydrogen) atoms. The lowest BCUT2D eigenvalue weighted by atomic mass is 10.2. The number of nitrogens with zero attached hydrogens (tertiary/aromatic N) is 1. The molecule has 126 valence electrons. The first-order valence-electron chi connectivity index (χ1n) is 7.94. The second-order valence-corrected chi connectivity index (χ2v) is 5.46. The Bertz CT molecular complexity index is 833. The molecular weight excluding hydrogens is 314 g/mol. The Kier molecular flexibility index (Phi) is 5.26. The number of aromatic nitrogens is 1. The van der Waals surface area contributed by atoms with Crippen molar-refractivity contribution < 1.29 is 9.53 Å². The van der Waals surface area contributed by atoms with Crippen LogP contribution in [-0.4, -0.2) is 18.0 Å². The summed E-state index contributed by atoms with van der Waals surface area (Å²) in [5.74, 6) is 0.425. The molecule has 0 aliphatic carbocycles. The van der Waals surface area contributed by atoms with Gasteiger partial charge in [0.2, 0.25) is 0 Å². The number of pyridine rings is 1. The monoisotopic (exact) mass is 333 g/mol. The number of hydrogen-bond acceptors (Lipinski definition) is 4. The molecule has 0 spiro atoms. The zero-order chi connectivity index (χ0) is 17.5. The minimum Gasteiger partial charge on any atom is -0.497 e. The van der Waals surface area contributed by atoms with Gasteiger partial charge in [0.05, 0.1) is 19.0 Å². The number of methoxy groups -OCH3 is 1. The molecule has 1 heterocycles. The van der Waals surface area contributed by atoms with Gasteiger partial charge in [0, 0.05) is 18.3 Å². The highest BCUT2D eigenvalue weighted by atomic mass is 16.5. The molecule has 2 N–H and O–H groups in total. The maximum atomic E-state index is 12.3. The number of anilines is 2. The van der Waals surface area contributed by atoms with Gasteiger partial charge in [0.25, 0.3) is 5.91 Å². The normalized spacial score (nSPS) is 10.1. The molecule has 2 aromatic carbocycles. The number of amides is 1. The first kappa shape index (κ1) is 16.5.